The highest BCUT2D eigenvalue weighted by Crippen LogP contribution is 2.32. The molecule has 0 saturated heterocycles. The Hall–Kier alpha value is -0.870. The Labute approximate surface area is 112 Å². The average molecular weight is 267 g/mol. The molecule has 1 fully saturated rings. The Balaban J connectivity index is 1.88. The van der Waals surface area contributed by atoms with Crippen molar-refractivity contribution in [3.05, 3.63) is 22.4 Å². The average Bonchev–Trinajstić information content (AvgIpc) is 2.99. The van der Waals surface area contributed by atoms with Crippen molar-refractivity contribution in [2.45, 2.75) is 38.6 Å². The number of hydrogen-bond acceptors (Lipinski definition) is 3. The van der Waals surface area contributed by atoms with Gasteiger partial charge in [-0.05, 0) is 43.2 Å². The van der Waals surface area contributed by atoms with Gasteiger partial charge in [-0.25, -0.2) is 0 Å². The Morgan fingerprint density at radius 1 is 1.61 bits per heavy atom. The van der Waals surface area contributed by atoms with Crippen molar-refractivity contribution in [3.8, 4) is 0 Å². The zero-order chi connectivity index (χ0) is 13.0. The summed E-state index contributed by atoms with van der Waals surface area (Å²) >= 11 is 1.77. The van der Waals surface area contributed by atoms with E-state index in [1.807, 2.05) is 0 Å². The van der Waals surface area contributed by atoms with Crippen LogP contribution in [-0.4, -0.2) is 17.6 Å². The molecule has 1 aliphatic rings. The molecular weight excluding hydrogens is 246 g/mol. The summed E-state index contributed by atoms with van der Waals surface area (Å²) in [5, 5.41) is 14.8. The third kappa shape index (κ3) is 3.12. The predicted molar refractivity (Wildman–Crippen MR) is 73.8 cm³/mol. The Morgan fingerprint density at radius 2 is 2.44 bits per heavy atom. The van der Waals surface area contributed by atoms with E-state index in [2.05, 4.69) is 29.8 Å². The van der Waals surface area contributed by atoms with Gasteiger partial charge in [-0.1, -0.05) is 19.4 Å². The van der Waals surface area contributed by atoms with Crippen LogP contribution in [0.4, 0.5) is 0 Å². The summed E-state index contributed by atoms with van der Waals surface area (Å²) in [5.41, 5.74) is 0. The first-order valence-corrected chi connectivity index (χ1v) is 7.60. The van der Waals surface area contributed by atoms with Gasteiger partial charge in [0.05, 0.1) is 5.92 Å². The number of thiophene rings is 1. The molecule has 1 heterocycles. The number of carboxylic acid groups (broad SMARTS) is 1. The van der Waals surface area contributed by atoms with Gasteiger partial charge in [-0.2, -0.15) is 0 Å². The highest BCUT2D eigenvalue weighted by molar-refractivity contribution is 7.10. The number of carbonyl (C=O) groups is 1. The van der Waals surface area contributed by atoms with Crippen molar-refractivity contribution in [1.29, 1.82) is 0 Å². The molecule has 0 aromatic carbocycles. The van der Waals surface area contributed by atoms with Crippen LogP contribution in [0.25, 0.3) is 0 Å². The first-order chi connectivity index (χ1) is 8.72. The van der Waals surface area contributed by atoms with Crippen LogP contribution in [0.5, 0.6) is 0 Å². The van der Waals surface area contributed by atoms with Crippen LogP contribution in [0.1, 0.15) is 43.5 Å². The van der Waals surface area contributed by atoms with Gasteiger partial charge in [-0.3, -0.25) is 4.79 Å². The second kappa shape index (κ2) is 6.34. The van der Waals surface area contributed by atoms with Crippen LogP contribution in [0.3, 0.4) is 0 Å². The molecule has 1 aliphatic carbocycles. The fraction of sp³-hybridized carbons (Fsp3) is 0.643. The minimum Gasteiger partial charge on any atom is -0.481 e. The summed E-state index contributed by atoms with van der Waals surface area (Å²) in [7, 11) is 0. The molecule has 2 N–H and O–H groups in total. The second-order valence-electron chi connectivity index (χ2n) is 5.02. The summed E-state index contributed by atoms with van der Waals surface area (Å²) < 4.78 is 0. The summed E-state index contributed by atoms with van der Waals surface area (Å²) in [6.07, 6.45) is 3.99. The lowest BCUT2D eigenvalue weighted by Gasteiger charge is -2.21. The fourth-order valence-corrected chi connectivity index (χ4v) is 3.72. The van der Waals surface area contributed by atoms with E-state index in [1.54, 1.807) is 11.3 Å². The Kier molecular flexibility index (Phi) is 4.78. The molecule has 18 heavy (non-hydrogen) atoms. The maximum atomic E-state index is 11.1. The molecule has 2 rings (SSSR count). The van der Waals surface area contributed by atoms with Crippen LogP contribution in [0, 0.1) is 11.8 Å². The molecule has 0 bridgehead atoms. The van der Waals surface area contributed by atoms with Crippen molar-refractivity contribution in [1.82, 2.24) is 5.32 Å². The Morgan fingerprint density at radius 3 is 3.06 bits per heavy atom. The monoisotopic (exact) mass is 267 g/mol. The van der Waals surface area contributed by atoms with E-state index >= 15 is 0 Å². The molecule has 0 radical (unpaired) electrons. The van der Waals surface area contributed by atoms with Crippen molar-refractivity contribution in [3.63, 3.8) is 0 Å². The van der Waals surface area contributed by atoms with Crippen LogP contribution in [0.15, 0.2) is 17.5 Å². The smallest absolute Gasteiger partial charge is 0.306 e. The molecular formula is C14H21NO2S. The molecule has 1 aromatic heterocycles. The van der Waals surface area contributed by atoms with Crippen molar-refractivity contribution >= 4 is 17.3 Å². The number of aliphatic carboxylic acids is 1. The van der Waals surface area contributed by atoms with Gasteiger partial charge < -0.3 is 10.4 Å². The van der Waals surface area contributed by atoms with Crippen molar-refractivity contribution in [2.75, 3.05) is 6.54 Å². The highest BCUT2D eigenvalue weighted by atomic mass is 32.1. The lowest BCUT2D eigenvalue weighted by Crippen LogP contribution is -2.31. The lowest BCUT2D eigenvalue weighted by atomic mass is 9.96. The molecule has 1 saturated carbocycles. The van der Waals surface area contributed by atoms with E-state index in [4.69, 9.17) is 5.11 Å². The number of nitrogens with one attached hydrogen (secondary N) is 1. The highest BCUT2D eigenvalue weighted by Gasteiger charge is 2.32. The molecule has 0 spiro atoms. The zero-order valence-corrected chi connectivity index (χ0v) is 11.6. The van der Waals surface area contributed by atoms with Gasteiger partial charge in [0.1, 0.15) is 0 Å². The van der Waals surface area contributed by atoms with E-state index in [1.165, 1.54) is 4.88 Å². The maximum absolute atomic E-state index is 11.1. The molecule has 4 heteroatoms. The second-order valence-corrected chi connectivity index (χ2v) is 6.00. The number of hydrogen-bond donors (Lipinski definition) is 2. The van der Waals surface area contributed by atoms with E-state index in [-0.39, 0.29) is 5.92 Å². The maximum Gasteiger partial charge on any atom is 0.306 e. The first kappa shape index (κ1) is 13.6. The van der Waals surface area contributed by atoms with Crippen LogP contribution in [0.2, 0.25) is 0 Å². The summed E-state index contributed by atoms with van der Waals surface area (Å²) in [5.74, 6) is -0.460. The van der Waals surface area contributed by atoms with Gasteiger partial charge in [0.25, 0.3) is 0 Å². The van der Waals surface area contributed by atoms with Gasteiger partial charge in [0.15, 0.2) is 0 Å². The third-order valence-electron chi connectivity index (χ3n) is 3.90. The van der Waals surface area contributed by atoms with E-state index in [0.29, 0.717) is 12.0 Å². The number of rotatable bonds is 6. The third-order valence-corrected chi connectivity index (χ3v) is 4.88. The molecule has 100 valence electrons. The van der Waals surface area contributed by atoms with Gasteiger partial charge >= 0.3 is 5.97 Å². The topological polar surface area (TPSA) is 49.3 Å². The normalized spacial score (nSPS) is 25.2. The largest absolute Gasteiger partial charge is 0.481 e. The van der Waals surface area contributed by atoms with Gasteiger partial charge in [0.2, 0.25) is 0 Å². The van der Waals surface area contributed by atoms with Gasteiger partial charge in [0, 0.05) is 10.9 Å². The zero-order valence-electron chi connectivity index (χ0n) is 10.8. The number of carboxylic acids is 1. The van der Waals surface area contributed by atoms with Crippen LogP contribution >= 0.6 is 11.3 Å². The molecule has 0 amide bonds. The van der Waals surface area contributed by atoms with E-state index in [0.717, 1.165) is 32.2 Å². The molecule has 0 aliphatic heterocycles. The summed E-state index contributed by atoms with van der Waals surface area (Å²) in [6.45, 7) is 2.99. The fourth-order valence-electron chi connectivity index (χ4n) is 2.84. The van der Waals surface area contributed by atoms with E-state index in [9.17, 15) is 4.79 Å². The SMILES string of the molecule is CCC(NCC1CCCC1C(=O)O)c1cccs1. The quantitative estimate of drug-likeness (QED) is 0.831. The minimum atomic E-state index is -0.622. The predicted octanol–water partition coefficient (Wildman–Crippen LogP) is 3.29. The van der Waals surface area contributed by atoms with Crippen LogP contribution in [-0.2, 0) is 4.79 Å². The van der Waals surface area contributed by atoms with Crippen molar-refractivity contribution < 1.29 is 9.90 Å². The van der Waals surface area contributed by atoms with Crippen LogP contribution < -0.4 is 5.32 Å². The molecule has 3 atom stereocenters. The first-order valence-electron chi connectivity index (χ1n) is 6.72. The minimum absolute atomic E-state index is 0.140. The lowest BCUT2D eigenvalue weighted by molar-refractivity contribution is -0.142. The van der Waals surface area contributed by atoms with Crippen molar-refractivity contribution in [2.24, 2.45) is 11.8 Å². The standard InChI is InChI=1S/C14H21NO2S/c1-2-12(13-7-4-8-18-13)15-9-10-5-3-6-11(10)14(16)17/h4,7-8,10-12,15H,2-3,5-6,9H2,1H3,(H,16,17). The van der Waals surface area contributed by atoms with Gasteiger partial charge in [-0.15, -0.1) is 11.3 Å². The molecule has 3 unspecified atom stereocenters. The summed E-state index contributed by atoms with van der Waals surface area (Å²) in [6, 6.07) is 4.59. The molecule has 3 nitrogen and oxygen atoms in total. The Bertz CT molecular complexity index is 377. The van der Waals surface area contributed by atoms with E-state index < -0.39 is 5.97 Å². The summed E-state index contributed by atoms with van der Waals surface area (Å²) in [4.78, 5) is 12.5. The molecule has 1 aromatic rings.